The maximum absolute atomic E-state index is 14.1. The van der Waals surface area contributed by atoms with Crippen molar-refractivity contribution in [1.82, 2.24) is 9.80 Å². The highest BCUT2D eigenvalue weighted by Gasteiger charge is 2.34. The number of methoxy groups -OCH3 is 6. The van der Waals surface area contributed by atoms with Gasteiger partial charge in [-0.2, -0.15) is 0 Å². The lowest BCUT2D eigenvalue weighted by atomic mass is 9.99. The van der Waals surface area contributed by atoms with Crippen molar-refractivity contribution in [3.05, 3.63) is 83.4 Å². The number of benzene rings is 3. The number of piperazine rings is 1. The Labute approximate surface area is 265 Å². The van der Waals surface area contributed by atoms with Crippen LogP contribution in [-0.2, 0) is 12.8 Å². The van der Waals surface area contributed by atoms with Gasteiger partial charge in [0, 0.05) is 30.8 Å². The van der Waals surface area contributed by atoms with E-state index in [0.717, 1.165) is 18.4 Å². The van der Waals surface area contributed by atoms with Crippen LogP contribution >= 0.6 is 0 Å². The summed E-state index contributed by atoms with van der Waals surface area (Å²) in [6.45, 7) is 4.85. The van der Waals surface area contributed by atoms with Crippen molar-refractivity contribution < 1.29 is 38.0 Å². The summed E-state index contributed by atoms with van der Waals surface area (Å²) in [6.07, 6.45) is 4.06. The van der Waals surface area contributed by atoms with Gasteiger partial charge < -0.3 is 38.2 Å². The Bertz CT molecular complexity index is 1450. The van der Waals surface area contributed by atoms with Crippen molar-refractivity contribution in [2.45, 2.75) is 25.3 Å². The fraction of sp³-hybridized carbons (Fsp3) is 0.371. The van der Waals surface area contributed by atoms with Gasteiger partial charge in [0.15, 0.2) is 23.0 Å². The minimum Gasteiger partial charge on any atom is -0.493 e. The number of amides is 2. The molecule has 10 nitrogen and oxygen atoms in total. The molecule has 0 N–H and O–H groups in total. The summed E-state index contributed by atoms with van der Waals surface area (Å²) >= 11 is 0. The first-order chi connectivity index (χ1) is 21.8. The molecule has 10 heteroatoms. The van der Waals surface area contributed by atoms with Crippen molar-refractivity contribution in [2.75, 3.05) is 62.3 Å². The molecule has 1 fully saturated rings. The first-order valence-corrected chi connectivity index (χ1v) is 14.7. The zero-order valence-corrected chi connectivity index (χ0v) is 26.9. The van der Waals surface area contributed by atoms with Crippen LogP contribution in [0.15, 0.2) is 61.2 Å². The van der Waals surface area contributed by atoms with E-state index in [2.05, 4.69) is 30.8 Å². The summed E-state index contributed by atoms with van der Waals surface area (Å²) in [6, 6.07) is 14.8. The predicted octanol–water partition coefficient (Wildman–Crippen LogP) is 5.07. The first-order valence-electron chi connectivity index (χ1n) is 14.7. The molecule has 0 radical (unpaired) electrons. The van der Waals surface area contributed by atoms with Crippen LogP contribution in [0, 0.1) is 0 Å². The van der Waals surface area contributed by atoms with E-state index in [1.54, 1.807) is 29.2 Å². The second-order valence-electron chi connectivity index (χ2n) is 10.6. The third kappa shape index (κ3) is 7.28. The maximum Gasteiger partial charge on any atom is 0.254 e. The number of carbonyl (C=O) groups is 2. The van der Waals surface area contributed by atoms with Crippen LogP contribution in [0.3, 0.4) is 0 Å². The van der Waals surface area contributed by atoms with E-state index in [0.29, 0.717) is 71.7 Å². The molecule has 3 aromatic rings. The van der Waals surface area contributed by atoms with Crippen LogP contribution in [0.1, 0.15) is 38.3 Å². The molecular weight excluding hydrogens is 576 g/mol. The molecule has 2 amide bonds. The van der Waals surface area contributed by atoms with Gasteiger partial charge in [0.25, 0.3) is 11.8 Å². The number of hydrogen-bond acceptors (Lipinski definition) is 8. The van der Waals surface area contributed by atoms with Gasteiger partial charge in [-0.1, -0.05) is 30.3 Å². The molecule has 4 rings (SSSR count). The molecule has 0 aliphatic carbocycles. The van der Waals surface area contributed by atoms with Crippen molar-refractivity contribution >= 4 is 11.8 Å². The number of aryl methyl sites for hydroxylation is 1. The number of allylic oxidation sites excluding steroid dienone is 1. The fourth-order valence-electron chi connectivity index (χ4n) is 5.65. The van der Waals surface area contributed by atoms with Gasteiger partial charge in [-0.15, -0.1) is 6.58 Å². The summed E-state index contributed by atoms with van der Waals surface area (Å²) < 4.78 is 32.8. The first kappa shape index (κ1) is 33.0. The van der Waals surface area contributed by atoms with Crippen LogP contribution in [0.2, 0.25) is 0 Å². The largest absolute Gasteiger partial charge is 0.493 e. The van der Waals surface area contributed by atoms with Gasteiger partial charge in [0.05, 0.1) is 48.7 Å². The summed E-state index contributed by atoms with van der Waals surface area (Å²) in [4.78, 5) is 31.5. The van der Waals surface area contributed by atoms with E-state index in [-0.39, 0.29) is 17.9 Å². The van der Waals surface area contributed by atoms with Crippen LogP contribution in [0.5, 0.6) is 34.5 Å². The maximum atomic E-state index is 14.1. The van der Waals surface area contributed by atoms with Gasteiger partial charge in [0.1, 0.15) is 0 Å². The zero-order chi connectivity index (χ0) is 32.5. The Balaban J connectivity index is 1.64. The predicted molar refractivity (Wildman–Crippen MR) is 172 cm³/mol. The lowest BCUT2D eigenvalue weighted by Gasteiger charge is -2.42. The number of ether oxygens (including phenoxy) is 6. The second kappa shape index (κ2) is 15.2. The molecule has 0 spiro atoms. The topological polar surface area (TPSA) is 96.0 Å². The van der Waals surface area contributed by atoms with E-state index in [4.69, 9.17) is 28.4 Å². The van der Waals surface area contributed by atoms with Crippen LogP contribution < -0.4 is 28.4 Å². The molecule has 1 atom stereocenters. The lowest BCUT2D eigenvalue weighted by Crippen LogP contribution is -2.56. The van der Waals surface area contributed by atoms with E-state index >= 15 is 0 Å². The van der Waals surface area contributed by atoms with Gasteiger partial charge >= 0.3 is 0 Å². The third-order valence-corrected chi connectivity index (χ3v) is 8.02. The summed E-state index contributed by atoms with van der Waals surface area (Å²) in [5, 5.41) is 0. The van der Waals surface area contributed by atoms with Gasteiger partial charge in [-0.05, 0) is 54.7 Å². The number of carbonyl (C=O) groups excluding carboxylic acids is 2. The highest BCUT2D eigenvalue weighted by molar-refractivity contribution is 5.97. The highest BCUT2D eigenvalue weighted by atomic mass is 16.5. The standard InChI is InChI=1S/C35H42N2O8/c1-8-9-23-10-12-24(13-11-23)14-15-27-22-36(34(38)25-18-28(40-2)32(44-6)29(19-25)41-3)16-17-37(27)35(39)26-20-30(42-4)33(45-7)31(21-26)43-5/h8,10-13,18-21,27H,1,9,14-17,22H2,2-7H3. The molecule has 45 heavy (non-hydrogen) atoms. The summed E-state index contributed by atoms with van der Waals surface area (Å²) in [7, 11) is 9.10. The summed E-state index contributed by atoms with van der Waals surface area (Å²) in [5.41, 5.74) is 3.15. The Hall–Kier alpha value is -4.86. The Morgan fingerprint density at radius 3 is 1.62 bits per heavy atom. The molecule has 1 heterocycles. The van der Waals surface area contributed by atoms with Gasteiger partial charge in [-0.25, -0.2) is 0 Å². The van der Waals surface area contributed by atoms with Crippen molar-refractivity contribution in [2.24, 2.45) is 0 Å². The molecule has 1 aliphatic rings. The van der Waals surface area contributed by atoms with E-state index in [9.17, 15) is 9.59 Å². The minimum absolute atomic E-state index is 0.180. The Morgan fingerprint density at radius 1 is 0.711 bits per heavy atom. The molecule has 1 saturated heterocycles. The van der Waals surface area contributed by atoms with Crippen molar-refractivity contribution in [3.63, 3.8) is 0 Å². The van der Waals surface area contributed by atoms with E-state index in [1.165, 1.54) is 48.2 Å². The van der Waals surface area contributed by atoms with Gasteiger partial charge in [0.2, 0.25) is 11.5 Å². The molecule has 3 aromatic carbocycles. The average Bonchev–Trinajstić information content (AvgIpc) is 3.09. The second-order valence-corrected chi connectivity index (χ2v) is 10.6. The molecule has 0 aromatic heterocycles. The van der Waals surface area contributed by atoms with Crippen molar-refractivity contribution in [3.8, 4) is 34.5 Å². The monoisotopic (exact) mass is 618 g/mol. The number of nitrogens with zero attached hydrogens (tertiary/aromatic N) is 2. The Kier molecular flexibility index (Phi) is 11.2. The highest BCUT2D eigenvalue weighted by Crippen LogP contribution is 2.40. The normalized spacial score (nSPS) is 14.4. The number of rotatable bonds is 13. The summed E-state index contributed by atoms with van der Waals surface area (Å²) in [5.74, 6) is 2.04. The quantitative estimate of drug-likeness (QED) is 0.245. The SMILES string of the molecule is C=CCc1ccc(CCC2CN(C(=O)c3cc(OC)c(OC)c(OC)c3)CCN2C(=O)c2cc(OC)c(OC)c(OC)c2)cc1. The molecule has 240 valence electrons. The molecular formula is C35H42N2O8. The lowest BCUT2D eigenvalue weighted by molar-refractivity contribution is 0.0372. The van der Waals surface area contributed by atoms with E-state index < -0.39 is 0 Å². The molecule has 1 aliphatic heterocycles. The molecule has 1 unspecified atom stereocenters. The van der Waals surface area contributed by atoms with Crippen LogP contribution in [0.25, 0.3) is 0 Å². The molecule has 0 bridgehead atoms. The average molecular weight is 619 g/mol. The van der Waals surface area contributed by atoms with Crippen LogP contribution in [0.4, 0.5) is 0 Å². The third-order valence-electron chi connectivity index (χ3n) is 8.02. The Morgan fingerprint density at radius 2 is 1.18 bits per heavy atom. The minimum atomic E-state index is -0.260. The number of hydrogen-bond donors (Lipinski definition) is 0. The van der Waals surface area contributed by atoms with Gasteiger partial charge in [-0.3, -0.25) is 9.59 Å². The molecule has 0 saturated carbocycles. The van der Waals surface area contributed by atoms with Crippen LogP contribution in [-0.4, -0.2) is 89.9 Å². The fourth-order valence-corrected chi connectivity index (χ4v) is 5.65. The smallest absolute Gasteiger partial charge is 0.254 e. The zero-order valence-electron chi connectivity index (χ0n) is 26.9. The van der Waals surface area contributed by atoms with Crippen molar-refractivity contribution in [1.29, 1.82) is 0 Å². The van der Waals surface area contributed by atoms with E-state index in [1.807, 2.05) is 11.0 Å².